The van der Waals surface area contributed by atoms with E-state index in [2.05, 4.69) is 15.9 Å². The lowest BCUT2D eigenvalue weighted by Crippen LogP contribution is -2.45. The van der Waals surface area contributed by atoms with Crippen LogP contribution in [0.5, 0.6) is 0 Å². The van der Waals surface area contributed by atoms with Gasteiger partial charge in [0.25, 0.3) is 5.91 Å². The molecule has 0 fully saturated rings. The Morgan fingerprint density at radius 1 is 1.22 bits per heavy atom. The maximum absolute atomic E-state index is 13.1. The van der Waals surface area contributed by atoms with Gasteiger partial charge in [0.15, 0.2) is 0 Å². The maximum Gasteiger partial charge on any atom is 0.255 e. The molecule has 6 nitrogen and oxygen atoms in total. The first-order valence-electron chi connectivity index (χ1n) is 8.71. The molecule has 140 valence electrons. The number of carbonyl (C=O) groups is 1. The molecule has 0 unspecified atom stereocenters. The van der Waals surface area contributed by atoms with E-state index < -0.39 is 0 Å². The number of hydrogen-bond donors (Lipinski definition) is 2. The van der Waals surface area contributed by atoms with Crippen LogP contribution in [0.25, 0.3) is 0 Å². The lowest BCUT2D eigenvalue weighted by atomic mass is 10.0. The van der Waals surface area contributed by atoms with Crippen LogP contribution in [0.15, 0.2) is 47.8 Å². The second kappa shape index (κ2) is 7.03. The molecule has 3 heterocycles. The number of anilines is 1. The van der Waals surface area contributed by atoms with Crippen LogP contribution in [0.2, 0.25) is 10.0 Å². The third-order valence-corrected chi connectivity index (χ3v) is 5.72. The summed E-state index contributed by atoms with van der Waals surface area (Å²) in [6.07, 6.45) is 0.694. The zero-order valence-electron chi connectivity index (χ0n) is 15.0. The Hall–Kier alpha value is -2.28. The lowest BCUT2D eigenvalue weighted by molar-refractivity contribution is 0.0703. The molecule has 2 N–H and O–H groups in total. The van der Waals surface area contributed by atoms with Gasteiger partial charge in [0.2, 0.25) is 0 Å². The van der Waals surface area contributed by atoms with Crippen molar-refractivity contribution in [2.75, 3.05) is 11.6 Å². The largest absolute Gasteiger partial charge is 0.330 e. The van der Waals surface area contributed by atoms with Gasteiger partial charge in [0, 0.05) is 18.7 Å². The van der Waals surface area contributed by atoms with Crippen molar-refractivity contribution in [3.63, 3.8) is 0 Å². The van der Waals surface area contributed by atoms with Gasteiger partial charge >= 0.3 is 0 Å². The summed E-state index contributed by atoms with van der Waals surface area (Å²) in [5.41, 5.74) is 9.76. The van der Waals surface area contributed by atoms with Crippen LogP contribution in [0, 0.1) is 6.92 Å². The highest BCUT2D eigenvalue weighted by Gasteiger charge is 2.37. The van der Waals surface area contributed by atoms with Crippen LogP contribution >= 0.6 is 23.2 Å². The highest BCUT2D eigenvalue weighted by molar-refractivity contribution is 6.43. The maximum atomic E-state index is 13.1. The molecule has 2 aromatic rings. The van der Waals surface area contributed by atoms with Crippen molar-refractivity contribution >= 4 is 34.9 Å². The summed E-state index contributed by atoms with van der Waals surface area (Å²) in [7, 11) is 0. The smallest absolute Gasteiger partial charge is 0.255 e. The summed E-state index contributed by atoms with van der Waals surface area (Å²) < 4.78 is 0. The van der Waals surface area contributed by atoms with Gasteiger partial charge in [-0.25, -0.2) is 9.99 Å². The highest BCUT2D eigenvalue weighted by Crippen LogP contribution is 2.33. The van der Waals surface area contributed by atoms with Crippen LogP contribution in [0.4, 0.5) is 5.82 Å². The Morgan fingerprint density at radius 3 is 2.78 bits per heavy atom. The molecule has 1 aromatic carbocycles. The van der Waals surface area contributed by atoms with E-state index in [1.54, 1.807) is 23.1 Å². The van der Waals surface area contributed by atoms with E-state index in [0.29, 0.717) is 28.6 Å². The van der Waals surface area contributed by atoms with Crippen molar-refractivity contribution in [1.29, 1.82) is 0 Å². The molecular weight excluding hydrogens is 385 g/mol. The van der Waals surface area contributed by atoms with Gasteiger partial charge in [0.1, 0.15) is 5.82 Å². The highest BCUT2D eigenvalue weighted by atomic mass is 35.5. The number of rotatable bonds is 2. The molecule has 0 radical (unpaired) electrons. The molecule has 1 amide bonds. The van der Waals surface area contributed by atoms with E-state index in [1.165, 1.54) is 0 Å². The zero-order chi connectivity index (χ0) is 19.1. The van der Waals surface area contributed by atoms with Crippen LogP contribution in [0.3, 0.4) is 0 Å². The number of carbonyl (C=O) groups excluding carboxylic acids is 1. The van der Waals surface area contributed by atoms with Crippen molar-refractivity contribution in [3.05, 3.63) is 69.1 Å². The average molecular weight is 404 g/mol. The van der Waals surface area contributed by atoms with E-state index in [9.17, 15) is 4.79 Å². The number of aryl methyl sites for hydroxylation is 1. The Morgan fingerprint density at radius 2 is 2.00 bits per heavy atom. The number of nitrogens with zero attached hydrogens (tertiary/aromatic N) is 3. The van der Waals surface area contributed by atoms with E-state index >= 15 is 0 Å². The van der Waals surface area contributed by atoms with Crippen LogP contribution in [0.1, 0.15) is 29.4 Å². The quantitative estimate of drug-likeness (QED) is 0.800. The molecule has 0 aliphatic carbocycles. The fourth-order valence-electron chi connectivity index (χ4n) is 3.49. The number of nitrogens with one attached hydrogen (secondary N) is 2. The van der Waals surface area contributed by atoms with Crippen LogP contribution in [-0.4, -0.2) is 28.4 Å². The summed E-state index contributed by atoms with van der Waals surface area (Å²) in [5, 5.41) is 2.61. The molecule has 2 aliphatic heterocycles. The molecule has 0 saturated heterocycles. The van der Waals surface area contributed by atoms with E-state index in [4.69, 9.17) is 23.2 Å². The topological polar surface area (TPSA) is 60.5 Å². The fraction of sp³-hybridized carbons (Fsp3) is 0.263. The lowest BCUT2D eigenvalue weighted by Gasteiger charge is -2.35. The molecular formula is C19H19Cl2N5O. The monoisotopic (exact) mass is 403 g/mol. The Bertz CT molecular complexity index is 945. The van der Waals surface area contributed by atoms with Gasteiger partial charge in [-0.15, -0.1) is 5.53 Å². The average Bonchev–Trinajstić information content (AvgIpc) is 3.09. The number of halogens is 2. The van der Waals surface area contributed by atoms with E-state index in [1.807, 2.05) is 37.1 Å². The molecule has 8 heteroatoms. The second-order valence-electron chi connectivity index (χ2n) is 6.60. The van der Waals surface area contributed by atoms with Crippen LogP contribution in [-0.2, 0) is 0 Å². The number of aromatic nitrogens is 1. The predicted molar refractivity (Wildman–Crippen MR) is 106 cm³/mol. The van der Waals surface area contributed by atoms with Crippen molar-refractivity contribution in [1.82, 2.24) is 20.8 Å². The summed E-state index contributed by atoms with van der Waals surface area (Å²) in [5.74, 6) is 0.688. The number of pyridine rings is 1. The normalized spacial score (nSPS) is 19.2. The standard InChI is InChI=1S/C19H19Cl2N5O/c1-11-5-3-8-16(22-11)26-15-9-10-25(12(2)18(15)23-24-26)19(27)13-6-4-7-14(20)17(13)21/h3-8,12,23-24H,9-10H2,1-2H3/t12-/m0/s1. The molecule has 1 aromatic heterocycles. The molecule has 1 atom stereocenters. The second-order valence-corrected chi connectivity index (χ2v) is 7.38. The van der Waals surface area contributed by atoms with E-state index in [-0.39, 0.29) is 11.9 Å². The summed E-state index contributed by atoms with van der Waals surface area (Å²) in [4.78, 5) is 19.4. The minimum absolute atomic E-state index is 0.129. The van der Waals surface area contributed by atoms with Crippen molar-refractivity contribution in [2.45, 2.75) is 26.3 Å². The van der Waals surface area contributed by atoms with Gasteiger partial charge in [0.05, 0.1) is 33.0 Å². The van der Waals surface area contributed by atoms with Crippen LogP contribution < -0.4 is 16.0 Å². The Labute approximate surface area is 167 Å². The molecule has 2 aliphatic rings. The Balaban J connectivity index is 1.62. The number of amides is 1. The van der Waals surface area contributed by atoms with Gasteiger partial charge < -0.3 is 10.3 Å². The van der Waals surface area contributed by atoms with Gasteiger partial charge in [-0.05, 0) is 38.1 Å². The van der Waals surface area contributed by atoms with E-state index in [0.717, 1.165) is 22.9 Å². The third kappa shape index (κ3) is 3.14. The third-order valence-electron chi connectivity index (χ3n) is 4.90. The van der Waals surface area contributed by atoms with Crippen molar-refractivity contribution in [3.8, 4) is 0 Å². The molecule has 0 spiro atoms. The van der Waals surface area contributed by atoms with Gasteiger partial charge in [-0.3, -0.25) is 4.79 Å². The fourth-order valence-corrected chi connectivity index (χ4v) is 3.88. The zero-order valence-corrected chi connectivity index (χ0v) is 16.5. The molecule has 27 heavy (non-hydrogen) atoms. The number of benzene rings is 1. The first kappa shape index (κ1) is 18.1. The van der Waals surface area contributed by atoms with Gasteiger partial charge in [-0.1, -0.05) is 35.3 Å². The van der Waals surface area contributed by atoms with Crippen molar-refractivity contribution in [2.24, 2.45) is 0 Å². The minimum atomic E-state index is -0.140. The SMILES string of the molecule is Cc1cccc(N2NNC3=C2CCN(C(=O)c2cccc(Cl)c2Cl)[C@H]3C)n1. The molecule has 0 saturated carbocycles. The Kier molecular flexibility index (Phi) is 4.72. The summed E-state index contributed by atoms with van der Waals surface area (Å²) in [6, 6.07) is 10.9. The first-order valence-corrected chi connectivity index (χ1v) is 9.46. The summed E-state index contributed by atoms with van der Waals surface area (Å²) in [6.45, 7) is 4.53. The number of hydrogen-bond acceptors (Lipinski definition) is 5. The predicted octanol–water partition coefficient (Wildman–Crippen LogP) is 3.67. The molecule has 4 rings (SSSR count). The first-order chi connectivity index (χ1) is 13.0. The molecule has 0 bridgehead atoms. The summed E-state index contributed by atoms with van der Waals surface area (Å²) >= 11 is 12.3. The van der Waals surface area contributed by atoms with Gasteiger partial charge in [-0.2, -0.15) is 0 Å². The van der Waals surface area contributed by atoms with Crippen molar-refractivity contribution < 1.29 is 4.79 Å². The number of hydrazine groups is 2. The minimum Gasteiger partial charge on any atom is -0.330 e.